The molecule has 1 aromatic heterocycles. The molecule has 2 aliphatic carbocycles. The minimum atomic E-state index is -0.455. The van der Waals surface area contributed by atoms with E-state index in [2.05, 4.69) is 264 Å². The SMILES string of the molecule is c1ccc(-c2cccc(N(c3ccccc3)c3ccc(-c4ccc(-c5ccc6c7c5-c5ccccc5-n5c8ccccc8c8ccc(c-7c85)C65c6ccccc6-c6ccccc65)cc4)cc3)c2)cc1. The van der Waals surface area contributed by atoms with E-state index in [1.165, 1.54) is 117 Å². The molecule has 11 aromatic carbocycles. The van der Waals surface area contributed by atoms with E-state index in [1.54, 1.807) is 0 Å². The van der Waals surface area contributed by atoms with Crippen LogP contribution in [-0.2, 0) is 5.41 Å². The van der Waals surface area contributed by atoms with Gasteiger partial charge in [-0.1, -0.05) is 206 Å². The van der Waals surface area contributed by atoms with Gasteiger partial charge >= 0.3 is 0 Å². The number of benzene rings is 11. The zero-order valence-corrected chi connectivity index (χ0v) is 37.6. The van der Waals surface area contributed by atoms with Crippen molar-refractivity contribution in [3.05, 3.63) is 277 Å². The lowest BCUT2D eigenvalue weighted by atomic mass is 9.70. The van der Waals surface area contributed by atoms with Crippen LogP contribution in [0.15, 0.2) is 255 Å². The highest BCUT2D eigenvalue weighted by Crippen LogP contribution is 2.67. The van der Waals surface area contributed by atoms with E-state index in [-0.39, 0.29) is 0 Å². The lowest BCUT2D eigenvalue weighted by molar-refractivity contribution is 0.794. The summed E-state index contributed by atoms with van der Waals surface area (Å²) in [5, 5.41) is 2.58. The first-order valence-electron chi connectivity index (χ1n) is 24.0. The van der Waals surface area contributed by atoms with Crippen molar-refractivity contribution in [3.63, 3.8) is 0 Å². The van der Waals surface area contributed by atoms with Gasteiger partial charge in [0.15, 0.2) is 0 Å². The van der Waals surface area contributed by atoms with Gasteiger partial charge in [0, 0.05) is 39.0 Å². The van der Waals surface area contributed by atoms with E-state index in [9.17, 15) is 0 Å². The molecule has 3 aliphatic rings. The van der Waals surface area contributed by atoms with Crippen LogP contribution >= 0.6 is 0 Å². The van der Waals surface area contributed by atoms with Gasteiger partial charge in [0.05, 0.1) is 22.1 Å². The van der Waals surface area contributed by atoms with Crippen molar-refractivity contribution in [1.82, 2.24) is 4.57 Å². The van der Waals surface area contributed by atoms with Crippen LogP contribution in [0.3, 0.4) is 0 Å². The molecule has 2 nitrogen and oxygen atoms in total. The molecule has 0 amide bonds. The molecule has 1 spiro atoms. The van der Waals surface area contributed by atoms with Gasteiger partial charge in [0.25, 0.3) is 0 Å². The number of aromatic nitrogens is 1. The van der Waals surface area contributed by atoms with E-state index in [4.69, 9.17) is 0 Å². The molecule has 15 rings (SSSR count). The van der Waals surface area contributed by atoms with Gasteiger partial charge < -0.3 is 9.47 Å². The lowest BCUT2D eigenvalue weighted by Gasteiger charge is -2.31. The van der Waals surface area contributed by atoms with Crippen LogP contribution in [0.4, 0.5) is 17.1 Å². The first-order chi connectivity index (χ1) is 34.3. The Hall–Kier alpha value is -8.98. The molecular weight excluding hydrogens is 833 g/mol. The van der Waals surface area contributed by atoms with Crippen molar-refractivity contribution in [2.24, 2.45) is 0 Å². The Morgan fingerprint density at radius 1 is 0.290 bits per heavy atom. The Morgan fingerprint density at radius 2 is 0.826 bits per heavy atom. The molecule has 0 unspecified atom stereocenters. The Kier molecular flexibility index (Phi) is 8.02. The number of hydrogen-bond acceptors (Lipinski definition) is 1. The lowest BCUT2D eigenvalue weighted by Crippen LogP contribution is -2.26. The average Bonchev–Trinajstić information content (AvgIpc) is 4.00. The molecule has 320 valence electrons. The molecule has 0 bridgehead atoms. The molecule has 12 aromatic rings. The van der Waals surface area contributed by atoms with E-state index in [1.807, 2.05) is 0 Å². The monoisotopic (exact) mass is 874 g/mol. The summed E-state index contributed by atoms with van der Waals surface area (Å²) in [4.78, 5) is 2.34. The molecular formula is C67H42N2. The minimum Gasteiger partial charge on any atom is -0.310 e. The van der Waals surface area contributed by atoms with Crippen LogP contribution in [-0.4, -0.2) is 4.57 Å². The summed E-state index contributed by atoms with van der Waals surface area (Å²) in [6, 6.07) is 94.5. The predicted octanol–water partition coefficient (Wildman–Crippen LogP) is 17.6. The Balaban J connectivity index is 0.894. The quantitative estimate of drug-likeness (QED) is 0.162. The molecule has 0 radical (unpaired) electrons. The first-order valence-corrected chi connectivity index (χ1v) is 24.0. The Bertz CT molecular complexity index is 4000. The average molecular weight is 875 g/mol. The summed E-state index contributed by atoms with van der Waals surface area (Å²) in [6.07, 6.45) is 0. The van der Waals surface area contributed by atoms with Crippen LogP contribution in [0.2, 0.25) is 0 Å². The van der Waals surface area contributed by atoms with Gasteiger partial charge in [0.1, 0.15) is 0 Å². The zero-order valence-electron chi connectivity index (χ0n) is 37.6. The van der Waals surface area contributed by atoms with Crippen molar-refractivity contribution < 1.29 is 0 Å². The van der Waals surface area contributed by atoms with Crippen LogP contribution in [0.5, 0.6) is 0 Å². The maximum absolute atomic E-state index is 2.57. The van der Waals surface area contributed by atoms with Crippen LogP contribution < -0.4 is 4.90 Å². The largest absolute Gasteiger partial charge is 0.310 e. The van der Waals surface area contributed by atoms with Gasteiger partial charge in [-0.25, -0.2) is 0 Å². The van der Waals surface area contributed by atoms with Crippen LogP contribution in [0.1, 0.15) is 22.3 Å². The maximum atomic E-state index is 2.57. The van der Waals surface area contributed by atoms with Crippen LogP contribution in [0.25, 0.3) is 94.3 Å². The van der Waals surface area contributed by atoms with Crippen molar-refractivity contribution in [2.45, 2.75) is 5.41 Å². The number of fused-ring (bicyclic) bond motifs is 13. The summed E-state index contributed by atoms with van der Waals surface area (Å²) in [5.41, 5.74) is 27.2. The minimum absolute atomic E-state index is 0.455. The third kappa shape index (κ3) is 5.26. The van der Waals surface area contributed by atoms with Gasteiger partial charge in [0.2, 0.25) is 0 Å². The molecule has 0 N–H and O–H groups in total. The van der Waals surface area contributed by atoms with E-state index >= 15 is 0 Å². The van der Waals surface area contributed by atoms with E-state index in [0.717, 1.165) is 17.1 Å². The van der Waals surface area contributed by atoms with Crippen molar-refractivity contribution in [3.8, 4) is 72.4 Å². The molecule has 1 aliphatic heterocycles. The highest BCUT2D eigenvalue weighted by Gasteiger charge is 2.53. The third-order valence-corrected chi connectivity index (χ3v) is 15.3. The standard InChI is InChI=1S/C67H42N2/c1-3-16-43(17-4-1)47-18-15-21-50(42-47)68(48-19-5-2-6-20-48)49-36-34-45(35-37-49)44-30-32-46(33-31-44)51-38-40-59-64-63(51)56-25-10-14-29-62(56)69-61-28-13-9-24-54(61)55-39-41-60(65(64)66(55)69)67(59)57-26-11-7-22-52(57)53-23-8-12-27-58(53)67/h1-42H. The number of hydrogen-bond donors (Lipinski definition) is 0. The summed E-state index contributed by atoms with van der Waals surface area (Å²) in [5.74, 6) is 0. The number of rotatable bonds is 6. The Morgan fingerprint density at radius 3 is 1.58 bits per heavy atom. The third-order valence-electron chi connectivity index (χ3n) is 15.3. The molecule has 2 heteroatoms. The highest BCUT2D eigenvalue weighted by molar-refractivity contribution is 6.21. The molecule has 2 heterocycles. The molecule has 69 heavy (non-hydrogen) atoms. The second-order valence-corrected chi connectivity index (χ2v) is 18.7. The summed E-state index contributed by atoms with van der Waals surface area (Å²) < 4.78 is 2.57. The van der Waals surface area contributed by atoms with E-state index < -0.39 is 5.41 Å². The van der Waals surface area contributed by atoms with Gasteiger partial charge in [-0.3, -0.25) is 0 Å². The predicted molar refractivity (Wildman–Crippen MR) is 287 cm³/mol. The maximum Gasteiger partial charge on any atom is 0.0726 e. The molecule has 0 fully saturated rings. The number of nitrogens with zero attached hydrogens (tertiary/aromatic N) is 2. The van der Waals surface area contributed by atoms with Crippen molar-refractivity contribution in [2.75, 3.05) is 4.90 Å². The molecule has 0 atom stereocenters. The molecule has 0 saturated heterocycles. The highest BCUT2D eigenvalue weighted by atomic mass is 15.1. The topological polar surface area (TPSA) is 8.17 Å². The smallest absolute Gasteiger partial charge is 0.0726 e. The Labute approximate surface area is 401 Å². The van der Waals surface area contributed by atoms with E-state index in [0.29, 0.717) is 0 Å². The second kappa shape index (κ2) is 14.5. The summed E-state index contributed by atoms with van der Waals surface area (Å²) in [6.45, 7) is 0. The molecule has 0 saturated carbocycles. The van der Waals surface area contributed by atoms with Crippen molar-refractivity contribution in [1.29, 1.82) is 0 Å². The van der Waals surface area contributed by atoms with Gasteiger partial charge in [-0.15, -0.1) is 0 Å². The summed E-state index contributed by atoms with van der Waals surface area (Å²) in [7, 11) is 0. The number of anilines is 3. The second-order valence-electron chi connectivity index (χ2n) is 18.7. The van der Waals surface area contributed by atoms with Crippen LogP contribution in [0, 0.1) is 0 Å². The fraction of sp³-hybridized carbons (Fsp3) is 0.0149. The normalized spacial score (nSPS) is 13.0. The van der Waals surface area contributed by atoms with Gasteiger partial charge in [-0.2, -0.15) is 0 Å². The number of para-hydroxylation sites is 3. The fourth-order valence-electron chi connectivity index (χ4n) is 12.5. The summed E-state index contributed by atoms with van der Waals surface area (Å²) >= 11 is 0. The fourth-order valence-corrected chi connectivity index (χ4v) is 12.5. The van der Waals surface area contributed by atoms with Gasteiger partial charge in [-0.05, 0) is 126 Å². The zero-order chi connectivity index (χ0) is 45.2. The first kappa shape index (κ1) is 38.2. The van der Waals surface area contributed by atoms with Crippen molar-refractivity contribution >= 4 is 38.9 Å².